The second-order valence-electron chi connectivity index (χ2n) is 10.6. The molecule has 0 saturated heterocycles. The molecular weight excluding hydrogens is 372 g/mol. The highest BCUT2D eigenvalue weighted by molar-refractivity contribution is 6.99. The predicted molar refractivity (Wildman–Crippen MR) is 123 cm³/mol. The van der Waals surface area contributed by atoms with Gasteiger partial charge in [-0.15, -0.1) is 0 Å². The summed E-state index contributed by atoms with van der Waals surface area (Å²) < 4.78 is 7.14. The third kappa shape index (κ3) is 2.97. The van der Waals surface area contributed by atoms with Crippen LogP contribution in [-0.2, 0) is 4.43 Å². The van der Waals surface area contributed by atoms with Crippen molar-refractivity contribution in [1.82, 2.24) is 0 Å². The number of aliphatic hydroxyl groups is 1. The summed E-state index contributed by atoms with van der Waals surface area (Å²) in [6.45, 7) is 11.9. The van der Waals surface area contributed by atoms with Gasteiger partial charge >= 0.3 is 0 Å². The summed E-state index contributed by atoms with van der Waals surface area (Å²) in [5, 5.41) is 14.0. The lowest BCUT2D eigenvalue weighted by Crippen LogP contribution is -2.71. The van der Waals surface area contributed by atoms with Crippen molar-refractivity contribution in [3.8, 4) is 0 Å². The SMILES string of the molecule is CC(C)(C)[Si](OC[C@@H]1[C@H]2CCC[C@@]2(C)[C@@]1(C)O)(c1ccccc1)c1ccccc1. The van der Waals surface area contributed by atoms with Gasteiger partial charge in [0.2, 0.25) is 0 Å². The van der Waals surface area contributed by atoms with Crippen LogP contribution in [0.5, 0.6) is 0 Å². The van der Waals surface area contributed by atoms with E-state index >= 15 is 0 Å². The summed E-state index contributed by atoms with van der Waals surface area (Å²) in [5.41, 5.74) is -0.577. The first-order valence-electron chi connectivity index (χ1n) is 11.1. The molecule has 0 radical (unpaired) electrons. The highest BCUT2D eigenvalue weighted by Crippen LogP contribution is 2.66. The molecular formula is C26H36O2Si. The average Bonchev–Trinajstić information content (AvgIpc) is 3.05. The molecule has 29 heavy (non-hydrogen) atoms. The Balaban J connectivity index is 1.74. The van der Waals surface area contributed by atoms with Crippen LogP contribution in [0.3, 0.4) is 0 Å². The van der Waals surface area contributed by atoms with Crippen molar-refractivity contribution < 1.29 is 9.53 Å². The smallest absolute Gasteiger partial charge is 0.261 e. The fraction of sp³-hybridized carbons (Fsp3) is 0.538. The molecule has 0 unspecified atom stereocenters. The zero-order chi connectivity index (χ0) is 20.9. The van der Waals surface area contributed by atoms with Gasteiger partial charge in [-0.2, -0.15) is 0 Å². The van der Waals surface area contributed by atoms with Gasteiger partial charge in [0.05, 0.1) is 5.60 Å². The molecule has 0 aliphatic heterocycles. The maximum absolute atomic E-state index is 11.4. The van der Waals surface area contributed by atoms with E-state index < -0.39 is 13.9 Å². The van der Waals surface area contributed by atoms with Crippen LogP contribution in [0.15, 0.2) is 60.7 Å². The molecule has 3 heteroatoms. The van der Waals surface area contributed by atoms with Gasteiger partial charge in [-0.05, 0) is 46.5 Å². The molecule has 0 amide bonds. The Kier molecular flexibility index (Phi) is 5.08. The van der Waals surface area contributed by atoms with E-state index in [1.807, 2.05) is 6.92 Å². The van der Waals surface area contributed by atoms with Gasteiger partial charge < -0.3 is 9.53 Å². The normalized spacial score (nSPS) is 31.9. The molecule has 4 atom stereocenters. The van der Waals surface area contributed by atoms with Crippen molar-refractivity contribution in [2.45, 2.75) is 64.5 Å². The third-order valence-electron chi connectivity index (χ3n) is 8.29. The summed E-state index contributed by atoms with van der Waals surface area (Å²) in [4.78, 5) is 0. The second kappa shape index (κ2) is 7.07. The van der Waals surface area contributed by atoms with E-state index in [4.69, 9.17) is 4.43 Å². The molecule has 0 spiro atoms. The number of fused-ring (bicyclic) bond motifs is 1. The van der Waals surface area contributed by atoms with Crippen molar-refractivity contribution in [1.29, 1.82) is 0 Å². The van der Waals surface area contributed by atoms with Crippen LogP contribution in [0.4, 0.5) is 0 Å². The van der Waals surface area contributed by atoms with Gasteiger partial charge in [-0.25, -0.2) is 0 Å². The van der Waals surface area contributed by atoms with E-state index in [0.717, 1.165) is 6.42 Å². The lowest BCUT2D eigenvalue weighted by Gasteiger charge is -2.62. The summed E-state index contributed by atoms with van der Waals surface area (Å²) >= 11 is 0. The quantitative estimate of drug-likeness (QED) is 0.724. The molecule has 1 N–H and O–H groups in total. The van der Waals surface area contributed by atoms with Crippen LogP contribution >= 0.6 is 0 Å². The Morgan fingerprint density at radius 1 is 0.966 bits per heavy atom. The number of benzene rings is 2. The zero-order valence-corrected chi connectivity index (χ0v) is 19.6. The summed E-state index contributed by atoms with van der Waals surface area (Å²) in [6.07, 6.45) is 3.59. The Labute approximate surface area is 177 Å². The van der Waals surface area contributed by atoms with Gasteiger partial charge in [-0.3, -0.25) is 0 Å². The first kappa shape index (κ1) is 20.8. The van der Waals surface area contributed by atoms with E-state index in [9.17, 15) is 5.11 Å². The second-order valence-corrected chi connectivity index (χ2v) is 15.0. The molecule has 2 saturated carbocycles. The van der Waals surface area contributed by atoms with E-state index in [0.29, 0.717) is 12.5 Å². The van der Waals surface area contributed by atoms with Crippen LogP contribution in [0, 0.1) is 17.3 Å². The van der Waals surface area contributed by atoms with Gasteiger partial charge in [0.25, 0.3) is 8.32 Å². The molecule has 2 aliphatic carbocycles. The minimum Gasteiger partial charge on any atom is -0.407 e. The minimum atomic E-state index is -2.54. The molecule has 2 fully saturated rings. The average molecular weight is 409 g/mol. The van der Waals surface area contributed by atoms with E-state index in [1.54, 1.807) is 0 Å². The monoisotopic (exact) mass is 408 g/mol. The molecule has 4 rings (SSSR count). The van der Waals surface area contributed by atoms with E-state index in [2.05, 4.69) is 88.4 Å². The van der Waals surface area contributed by atoms with Crippen molar-refractivity contribution in [2.24, 2.45) is 17.3 Å². The largest absolute Gasteiger partial charge is 0.407 e. The molecule has 2 aromatic carbocycles. The Morgan fingerprint density at radius 3 is 1.97 bits per heavy atom. The first-order valence-corrected chi connectivity index (χ1v) is 13.0. The van der Waals surface area contributed by atoms with Crippen molar-refractivity contribution in [2.75, 3.05) is 6.61 Å². The van der Waals surface area contributed by atoms with Crippen LogP contribution in [-0.4, -0.2) is 25.6 Å². The maximum Gasteiger partial charge on any atom is 0.261 e. The molecule has 0 heterocycles. The molecule has 2 nitrogen and oxygen atoms in total. The Hall–Kier alpha value is -1.42. The van der Waals surface area contributed by atoms with Crippen LogP contribution < -0.4 is 10.4 Å². The standard InChI is InChI=1S/C26H36O2Si/c1-24(2,3)29(20-13-8-6-9-14-20,21-15-10-7-11-16-21)28-19-23-22-17-12-18-25(22,4)26(23,5)27/h6-11,13-16,22-23,27H,12,17-19H2,1-5H3/t22-,23-,25-,26+/m1/s1. The Morgan fingerprint density at radius 2 is 1.48 bits per heavy atom. The van der Waals surface area contributed by atoms with Crippen LogP contribution in [0.1, 0.15) is 53.9 Å². The lowest BCUT2D eigenvalue weighted by molar-refractivity contribution is -0.240. The Bertz CT molecular complexity index is 801. The first-order chi connectivity index (χ1) is 13.6. The van der Waals surface area contributed by atoms with Crippen LogP contribution in [0.2, 0.25) is 5.04 Å². The zero-order valence-electron chi connectivity index (χ0n) is 18.6. The fourth-order valence-corrected chi connectivity index (χ4v) is 11.0. The topological polar surface area (TPSA) is 29.5 Å². The fourth-order valence-electron chi connectivity index (χ4n) is 6.44. The van der Waals surface area contributed by atoms with Gasteiger partial charge in [0, 0.05) is 12.5 Å². The van der Waals surface area contributed by atoms with E-state index in [-0.39, 0.29) is 16.4 Å². The lowest BCUT2D eigenvalue weighted by atomic mass is 9.47. The molecule has 0 aromatic heterocycles. The highest BCUT2D eigenvalue weighted by Gasteiger charge is 2.68. The third-order valence-corrected chi connectivity index (χ3v) is 13.3. The van der Waals surface area contributed by atoms with E-state index in [1.165, 1.54) is 23.2 Å². The van der Waals surface area contributed by atoms with Gasteiger partial charge in [-0.1, -0.05) is 94.8 Å². The predicted octanol–water partition coefficient (Wildman–Crippen LogP) is 4.75. The van der Waals surface area contributed by atoms with Gasteiger partial charge in [0.15, 0.2) is 0 Å². The summed E-state index contributed by atoms with van der Waals surface area (Å²) in [6, 6.07) is 21.6. The maximum atomic E-state index is 11.4. The number of rotatable bonds is 5. The number of hydrogen-bond acceptors (Lipinski definition) is 2. The minimum absolute atomic E-state index is 0.0235. The van der Waals surface area contributed by atoms with Crippen molar-refractivity contribution in [3.05, 3.63) is 60.7 Å². The molecule has 2 aliphatic rings. The summed E-state index contributed by atoms with van der Waals surface area (Å²) in [5.74, 6) is 0.798. The van der Waals surface area contributed by atoms with Crippen molar-refractivity contribution >= 4 is 18.7 Å². The van der Waals surface area contributed by atoms with Crippen molar-refractivity contribution in [3.63, 3.8) is 0 Å². The van der Waals surface area contributed by atoms with Crippen LogP contribution in [0.25, 0.3) is 0 Å². The molecule has 2 aromatic rings. The highest BCUT2D eigenvalue weighted by atomic mass is 28.4. The molecule has 0 bridgehead atoms. The summed E-state index contributed by atoms with van der Waals surface area (Å²) in [7, 11) is -2.54. The molecule has 156 valence electrons. The van der Waals surface area contributed by atoms with Gasteiger partial charge in [0.1, 0.15) is 0 Å². The number of hydrogen-bond donors (Lipinski definition) is 1.